The molecule has 1 heterocycles. The highest BCUT2D eigenvalue weighted by atomic mass is 35.5. The number of hydrogen-bond donors (Lipinski definition) is 1. The zero-order valence-corrected chi connectivity index (χ0v) is 15.3. The summed E-state index contributed by atoms with van der Waals surface area (Å²) in [6.45, 7) is 0. The fraction of sp³-hybridized carbons (Fsp3) is 0.0476. The molecule has 0 spiro atoms. The van der Waals surface area contributed by atoms with Crippen molar-refractivity contribution in [3.63, 3.8) is 0 Å². The number of anilines is 1. The number of nitrogens with one attached hydrogen (secondary N) is 1. The first-order valence-electron chi connectivity index (χ1n) is 8.51. The number of urea groups is 1. The normalized spacial score (nSPS) is 17.4. The lowest BCUT2D eigenvalue weighted by Crippen LogP contribution is -2.58. The summed E-state index contributed by atoms with van der Waals surface area (Å²) in [5.41, 5.74) is 0.955. The van der Waals surface area contributed by atoms with Gasteiger partial charge in [0.1, 0.15) is 0 Å². The molecule has 138 valence electrons. The third-order valence-electron chi connectivity index (χ3n) is 4.42. The van der Waals surface area contributed by atoms with Crippen molar-refractivity contribution in [2.24, 2.45) is 10.9 Å². The van der Waals surface area contributed by atoms with Crippen LogP contribution in [0.2, 0.25) is 5.02 Å². The minimum absolute atomic E-state index is 0.322. The third kappa shape index (κ3) is 3.25. The average molecular weight is 392 g/mol. The van der Waals surface area contributed by atoms with E-state index in [2.05, 4.69) is 10.3 Å². The van der Waals surface area contributed by atoms with Crippen molar-refractivity contribution in [2.45, 2.75) is 0 Å². The van der Waals surface area contributed by atoms with E-state index in [1.54, 1.807) is 18.2 Å². The highest BCUT2D eigenvalue weighted by Gasteiger charge is 2.40. The molecule has 0 aromatic heterocycles. The summed E-state index contributed by atoms with van der Waals surface area (Å²) in [5, 5.41) is 4.56. The van der Waals surface area contributed by atoms with E-state index in [1.807, 2.05) is 36.4 Å². The van der Waals surface area contributed by atoms with Crippen molar-refractivity contribution in [2.75, 3.05) is 4.90 Å². The number of carbonyl (C=O) groups excluding carboxylic acids is 3. The number of benzene rings is 3. The minimum Gasteiger partial charge on any atom is -0.276 e. The van der Waals surface area contributed by atoms with Gasteiger partial charge in [0.2, 0.25) is 5.91 Å². The maximum atomic E-state index is 12.8. The highest BCUT2D eigenvalue weighted by molar-refractivity contribution is 6.33. The Bertz CT molecular complexity index is 1120. The van der Waals surface area contributed by atoms with Crippen molar-refractivity contribution < 1.29 is 14.4 Å². The van der Waals surface area contributed by atoms with Crippen LogP contribution in [0.4, 0.5) is 16.2 Å². The summed E-state index contributed by atoms with van der Waals surface area (Å²) in [4.78, 5) is 42.5. The number of halogens is 1. The van der Waals surface area contributed by atoms with Gasteiger partial charge in [-0.25, -0.2) is 9.69 Å². The van der Waals surface area contributed by atoms with Gasteiger partial charge in [-0.15, -0.1) is 0 Å². The Morgan fingerprint density at radius 3 is 2.43 bits per heavy atom. The van der Waals surface area contributed by atoms with Gasteiger partial charge in [0.25, 0.3) is 5.91 Å². The van der Waals surface area contributed by atoms with Crippen LogP contribution in [0.1, 0.15) is 0 Å². The Morgan fingerprint density at radius 1 is 0.929 bits per heavy atom. The lowest BCUT2D eigenvalue weighted by molar-refractivity contribution is -0.131. The van der Waals surface area contributed by atoms with Crippen LogP contribution in [-0.4, -0.2) is 24.1 Å². The van der Waals surface area contributed by atoms with Gasteiger partial charge in [0.05, 0.1) is 11.4 Å². The Kier molecular flexibility index (Phi) is 4.63. The summed E-state index contributed by atoms with van der Waals surface area (Å²) < 4.78 is 0. The molecule has 7 heteroatoms. The van der Waals surface area contributed by atoms with Crippen LogP contribution in [-0.2, 0) is 9.59 Å². The fourth-order valence-electron chi connectivity index (χ4n) is 3.03. The van der Waals surface area contributed by atoms with Crippen LogP contribution in [0.25, 0.3) is 10.8 Å². The number of rotatable bonds is 3. The monoisotopic (exact) mass is 391 g/mol. The van der Waals surface area contributed by atoms with Crippen molar-refractivity contribution in [3.8, 4) is 0 Å². The molecule has 0 bridgehead atoms. The number of carbonyl (C=O) groups is 3. The molecule has 0 radical (unpaired) electrons. The number of hydrogen-bond acceptors (Lipinski definition) is 4. The predicted octanol–water partition coefficient (Wildman–Crippen LogP) is 4.09. The first kappa shape index (κ1) is 17.9. The number of imide groups is 2. The summed E-state index contributed by atoms with van der Waals surface area (Å²) >= 11 is 5.86. The smallest absolute Gasteiger partial charge is 0.276 e. The molecular formula is C21H14ClN3O3. The van der Waals surface area contributed by atoms with Crippen LogP contribution in [0.5, 0.6) is 0 Å². The van der Waals surface area contributed by atoms with Gasteiger partial charge in [-0.3, -0.25) is 19.9 Å². The van der Waals surface area contributed by atoms with Crippen LogP contribution < -0.4 is 10.2 Å². The van der Waals surface area contributed by atoms with Crippen molar-refractivity contribution >= 4 is 57.8 Å². The molecule has 1 atom stereocenters. The zero-order chi connectivity index (χ0) is 19.7. The fourth-order valence-corrected chi connectivity index (χ4v) is 3.16. The lowest BCUT2D eigenvalue weighted by atomic mass is 10.1. The van der Waals surface area contributed by atoms with Crippen LogP contribution in [0, 0.1) is 5.92 Å². The van der Waals surface area contributed by atoms with E-state index in [0.717, 1.165) is 15.7 Å². The van der Waals surface area contributed by atoms with Gasteiger partial charge in [0, 0.05) is 16.6 Å². The quantitative estimate of drug-likeness (QED) is 0.539. The zero-order valence-electron chi connectivity index (χ0n) is 14.5. The second-order valence-corrected chi connectivity index (χ2v) is 6.64. The van der Waals surface area contributed by atoms with Crippen LogP contribution in [0.3, 0.4) is 0 Å². The molecule has 3 aromatic carbocycles. The average Bonchev–Trinajstić information content (AvgIpc) is 2.69. The number of fused-ring (bicyclic) bond motifs is 1. The second-order valence-electron chi connectivity index (χ2n) is 6.20. The van der Waals surface area contributed by atoms with E-state index in [-0.39, 0.29) is 0 Å². The second kappa shape index (κ2) is 7.25. The summed E-state index contributed by atoms with van der Waals surface area (Å²) in [5.74, 6) is -2.59. The van der Waals surface area contributed by atoms with E-state index >= 15 is 0 Å². The molecule has 1 aliphatic rings. The first-order chi connectivity index (χ1) is 13.5. The number of barbiturate groups is 1. The van der Waals surface area contributed by atoms with E-state index in [0.29, 0.717) is 16.4 Å². The van der Waals surface area contributed by atoms with Gasteiger partial charge in [-0.2, -0.15) is 0 Å². The Hall–Kier alpha value is -3.51. The molecule has 28 heavy (non-hydrogen) atoms. The predicted molar refractivity (Wildman–Crippen MR) is 108 cm³/mol. The number of nitrogens with zero attached hydrogens (tertiary/aromatic N) is 2. The molecular weight excluding hydrogens is 378 g/mol. The third-order valence-corrected chi connectivity index (χ3v) is 4.67. The maximum Gasteiger partial charge on any atom is 0.335 e. The molecule has 4 rings (SSSR count). The Labute approximate surface area is 165 Å². The van der Waals surface area contributed by atoms with Crippen molar-refractivity contribution in [3.05, 3.63) is 71.8 Å². The summed E-state index contributed by atoms with van der Waals surface area (Å²) in [6, 6.07) is 18.7. The van der Waals surface area contributed by atoms with E-state index in [4.69, 9.17) is 11.6 Å². The van der Waals surface area contributed by atoms with Gasteiger partial charge < -0.3 is 0 Å². The largest absolute Gasteiger partial charge is 0.335 e. The van der Waals surface area contributed by atoms with Crippen LogP contribution in [0.15, 0.2) is 71.7 Å². The Balaban J connectivity index is 1.67. The minimum atomic E-state index is -1.22. The van der Waals surface area contributed by atoms with Gasteiger partial charge >= 0.3 is 6.03 Å². The van der Waals surface area contributed by atoms with Gasteiger partial charge in [-0.05, 0) is 35.7 Å². The lowest BCUT2D eigenvalue weighted by Gasteiger charge is -2.28. The van der Waals surface area contributed by atoms with E-state index in [1.165, 1.54) is 18.3 Å². The summed E-state index contributed by atoms with van der Waals surface area (Å²) in [7, 11) is 0. The first-order valence-corrected chi connectivity index (χ1v) is 8.89. The molecule has 0 aliphatic carbocycles. The van der Waals surface area contributed by atoms with Crippen LogP contribution >= 0.6 is 11.6 Å². The Morgan fingerprint density at radius 2 is 1.64 bits per heavy atom. The molecule has 6 nitrogen and oxygen atoms in total. The van der Waals surface area contributed by atoms with Crippen molar-refractivity contribution in [1.82, 2.24) is 5.32 Å². The topological polar surface area (TPSA) is 78.8 Å². The van der Waals surface area contributed by atoms with Gasteiger partial charge in [-0.1, -0.05) is 48.0 Å². The molecule has 1 saturated heterocycles. The SMILES string of the molecule is O=C1NC(=O)N(c2ccc(Cl)cc2)C(=O)[C@H]1C=Nc1cccc2ccccc12. The molecule has 3 aromatic rings. The number of amides is 4. The van der Waals surface area contributed by atoms with Crippen molar-refractivity contribution in [1.29, 1.82) is 0 Å². The highest BCUT2D eigenvalue weighted by Crippen LogP contribution is 2.26. The standard InChI is InChI=1S/C21H14ClN3O3/c22-14-8-10-15(11-9-14)25-20(27)17(19(26)24-21(25)28)12-23-18-7-3-5-13-4-1-2-6-16(13)18/h1-12,17H,(H,24,26,28)/t17-/m0/s1. The van der Waals surface area contributed by atoms with E-state index < -0.39 is 23.8 Å². The molecule has 0 unspecified atom stereocenters. The molecule has 1 N–H and O–H groups in total. The van der Waals surface area contributed by atoms with Gasteiger partial charge in [0.15, 0.2) is 5.92 Å². The summed E-state index contributed by atoms with van der Waals surface area (Å²) in [6.07, 6.45) is 1.27. The molecule has 0 saturated carbocycles. The molecule has 4 amide bonds. The maximum absolute atomic E-state index is 12.8. The number of aliphatic imine (C=N–C) groups is 1. The molecule has 1 fully saturated rings. The van der Waals surface area contributed by atoms with E-state index in [9.17, 15) is 14.4 Å². The molecule has 1 aliphatic heterocycles.